The van der Waals surface area contributed by atoms with Gasteiger partial charge in [-0.05, 0) is 5.92 Å². The number of hydrogen-bond acceptors (Lipinski definition) is 6. The molecule has 0 radical (unpaired) electrons. The summed E-state index contributed by atoms with van der Waals surface area (Å²) < 4.78 is 6.63. The molecular weight excluding hydrogens is 284 g/mol. The number of rotatable bonds is 5. The first kappa shape index (κ1) is 14.6. The van der Waals surface area contributed by atoms with Gasteiger partial charge in [0.15, 0.2) is 17.1 Å². The molecule has 0 amide bonds. The number of Topliss-reactive ketones (excluding diaryl/α,β-unsaturated/α-hetero) is 1. The van der Waals surface area contributed by atoms with Crippen molar-refractivity contribution >= 4 is 17.4 Å². The molecule has 0 aromatic carbocycles. The topological polar surface area (TPSA) is 86.5 Å². The molecule has 0 aliphatic heterocycles. The smallest absolute Gasteiger partial charge is 0.358 e. The van der Waals surface area contributed by atoms with Crippen LogP contribution in [0.2, 0.25) is 0 Å². The van der Waals surface area contributed by atoms with Crippen molar-refractivity contribution in [1.82, 2.24) is 19.6 Å². The molecule has 22 heavy (non-hydrogen) atoms. The predicted molar refractivity (Wildman–Crippen MR) is 77.3 cm³/mol. The molecule has 0 spiro atoms. The first-order chi connectivity index (χ1) is 10.7. The minimum absolute atomic E-state index is 0.0226. The maximum Gasteiger partial charge on any atom is 0.358 e. The van der Waals surface area contributed by atoms with Crippen LogP contribution in [0.5, 0.6) is 0 Å². The summed E-state index contributed by atoms with van der Waals surface area (Å²) in [6.07, 6.45) is 10.8. The lowest BCUT2D eigenvalue weighted by atomic mass is 9.86. The molecule has 2 heterocycles. The molecule has 116 valence electrons. The Morgan fingerprint density at radius 3 is 2.91 bits per heavy atom. The largest absolute Gasteiger partial charge is 0.453 e. The summed E-state index contributed by atoms with van der Waals surface area (Å²) in [7, 11) is 0. The van der Waals surface area contributed by atoms with Gasteiger partial charge in [-0.15, -0.1) is 10.2 Å². The van der Waals surface area contributed by atoms with E-state index in [1.807, 2.05) is 0 Å². The summed E-state index contributed by atoms with van der Waals surface area (Å²) >= 11 is 0. The zero-order valence-corrected chi connectivity index (χ0v) is 12.3. The van der Waals surface area contributed by atoms with Gasteiger partial charge in [-0.2, -0.15) is 0 Å². The molecule has 1 aliphatic rings. The summed E-state index contributed by atoms with van der Waals surface area (Å²) in [5.41, 5.74) is 0.683. The molecular formula is C15H18N4O3. The van der Waals surface area contributed by atoms with E-state index in [0.29, 0.717) is 18.0 Å². The number of carbonyl (C=O) groups excluding carboxylic acids is 2. The van der Waals surface area contributed by atoms with E-state index in [-0.39, 0.29) is 18.1 Å². The Hall–Kier alpha value is -2.31. The van der Waals surface area contributed by atoms with Crippen molar-refractivity contribution in [2.75, 3.05) is 6.61 Å². The number of carbonyl (C=O) groups is 2. The van der Waals surface area contributed by atoms with Crippen LogP contribution in [0.4, 0.5) is 0 Å². The highest BCUT2D eigenvalue weighted by molar-refractivity contribution is 5.89. The van der Waals surface area contributed by atoms with Crippen LogP contribution >= 0.6 is 0 Å². The number of ketones is 1. The monoisotopic (exact) mass is 302 g/mol. The second-order valence-electron chi connectivity index (χ2n) is 5.69. The van der Waals surface area contributed by atoms with Crippen molar-refractivity contribution < 1.29 is 14.3 Å². The van der Waals surface area contributed by atoms with E-state index in [1.54, 1.807) is 4.40 Å². The van der Waals surface area contributed by atoms with Crippen LogP contribution in [-0.4, -0.2) is 37.9 Å². The Bertz CT molecular complexity index is 676. The van der Waals surface area contributed by atoms with Crippen LogP contribution in [-0.2, 0) is 9.53 Å². The Morgan fingerprint density at radius 2 is 2.09 bits per heavy atom. The van der Waals surface area contributed by atoms with Gasteiger partial charge in [0, 0.05) is 12.6 Å². The third kappa shape index (κ3) is 3.47. The van der Waals surface area contributed by atoms with Crippen molar-refractivity contribution in [3.8, 4) is 0 Å². The molecule has 2 aromatic rings. The van der Waals surface area contributed by atoms with E-state index >= 15 is 0 Å². The van der Waals surface area contributed by atoms with Crippen LogP contribution in [0.1, 0.15) is 49.0 Å². The lowest BCUT2D eigenvalue weighted by Gasteiger charge is -2.20. The lowest BCUT2D eigenvalue weighted by Crippen LogP contribution is -2.19. The molecule has 0 N–H and O–H groups in total. The molecule has 0 atom stereocenters. The summed E-state index contributed by atoms with van der Waals surface area (Å²) in [6.45, 7) is -0.183. The van der Waals surface area contributed by atoms with E-state index in [4.69, 9.17) is 4.74 Å². The zero-order valence-electron chi connectivity index (χ0n) is 12.3. The summed E-state index contributed by atoms with van der Waals surface area (Å²) in [6, 6.07) is 0. The van der Waals surface area contributed by atoms with E-state index in [2.05, 4.69) is 15.2 Å². The van der Waals surface area contributed by atoms with E-state index in [1.165, 1.54) is 38.0 Å². The van der Waals surface area contributed by atoms with Crippen LogP contribution in [0.15, 0.2) is 18.7 Å². The minimum atomic E-state index is -0.604. The van der Waals surface area contributed by atoms with E-state index in [0.717, 1.165) is 12.8 Å². The van der Waals surface area contributed by atoms with E-state index < -0.39 is 5.97 Å². The van der Waals surface area contributed by atoms with Crippen molar-refractivity contribution in [3.63, 3.8) is 0 Å². The average molecular weight is 302 g/mol. The van der Waals surface area contributed by atoms with Crippen molar-refractivity contribution in [2.24, 2.45) is 5.92 Å². The van der Waals surface area contributed by atoms with Gasteiger partial charge >= 0.3 is 5.97 Å². The lowest BCUT2D eigenvalue weighted by molar-refractivity contribution is -0.123. The number of esters is 1. The third-order valence-electron chi connectivity index (χ3n) is 4.00. The van der Waals surface area contributed by atoms with Gasteiger partial charge in [0.1, 0.15) is 12.9 Å². The molecule has 0 bridgehead atoms. The summed E-state index contributed by atoms with van der Waals surface area (Å²) in [5.74, 6) is -0.176. The fraction of sp³-hybridized carbons (Fsp3) is 0.533. The van der Waals surface area contributed by atoms with Crippen molar-refractivity contribution in [2.45, 2.75) is 38.5 Å². The van der Waals surface area contributed by atoms with E-state index in [9.17, 15) is 9.59 Å². The number of aromatic nitrogens is 4. The van der Waals surface area contributed by atoms with Gasteiger partial charge in [0.05, 0.1) is 6.20 Å². The predicted octanol–water partition coefficient (Wildman–Crippen LogP) is 1.82. The molecule has 1 saturated carbocycles. The quantitative estimate of drug-likeness (QED) is 0.783. The van der Waals surface area contributed by atoms with Crippen LogP contribution in [0.25, 0.3) is 5.65 Å². The Morgan fingerprint density at radius 1 is 1.27 bits per heavy atom. The van der Waals surface area contributed by atoms with Crippen LogP contribution in [0.3, 0.4) is 0 Å². The zero-order chi connectivity index (χ0) is 15.4. The number of hydrogen-bond donors (Lipinski definition) is 0. The SMILES string of the molecule is O=C(COC(=O)c1cn2cnnc2cn1)CC1CCCCC1. The second kappa shape index (κ2) is 6.64. The normalized spacial score (nSPS) is 15.8. The van der Waals surface area contributed by atoms with Crippen molar-refractivity contribution in [3.05, 3.63) is 24.4 Å². The highest BCUT2D eigenvalue weighted by Crippen LogP contribution is 2.26. The molecule has 7 heteroatoms. The van der Waals surface area contributed by atoms with Gasteiger partial charge in [0.25, 0.3) is 0 Å². The molecule has 1 aliphatic carbocycles. The number of fused-ring (bicyclic) bond motifs is 1. The first-order valence-corrected chi connectivity index (χ1v) is 7.56. The first-order valence-electron chi connectivity index (χ1n) is 7.56. The maximum absolute atomic E-state index is 11.9. The third-order valence-corrected chi connectivity index (χ3v) is 4.00. The van der Waals surface area contributed by atoms with Gasteiger partial charge in [-0.1, -0.05) is 32.1 Å². The van der Waals surface area contributed by atoms with Gasteiger partial charge < -0.3 is 4.74 Å². The highest BCUT2D eigenvalue weighted by Gasteiger charge is 2.18. The standard InChI is InChI=1S/C15H18N4O3/c20-12(6-11-4-2-1-3-5-11)9-22-15(21)13-8-19-10-17-18-14(19)7-16-13/h7-8,10-11H,1-6,9H2. The van der Waals surface area contributed by atoms with Gasteiger partial charge in [0.2, 0.25) is 0 Å². The Labute approximate surface area is 127 Å². The molecule has 1 fully saturated rings. The molecule has 0 saturated heterocycles. The maximum atomic E-state index is 11.9. The molecule has 2 aromatic heterocycles. The molecule has 7 nitrogen and oxygen atoms in total. The average Bonchev–Trinajstić information content (AvgIpc) is 3.01. The summed E-state index contributed by atoms with van der Waals surface area (Å²) in [5, 5.41) is 7.51. The van der Waals surface area contributed by atoms with Crippen LogP contribution < -0.4 is 0 Å². The minimum Gasteiger partial charge on any atom is -0.453 e. The Kier molecular flexibility index (Phi) is 4.41. The molecule has 3 rings (SSSR count). The fourth-order valence-electron chi connectivity index (χ4n) is 2.83. The fourth-order valence-corrected chi connectivity index (χ4v) is 2.83. The Balaban J connectivity index is 1.51. The van der Waals surface area contributed by atoms with Gasteiger partial charge in [-0.3, -0.25) is 9.20 Å². The second-order valence-corrected chi connectivity index (χ2v) is 5.69. The number of nitrogens with zero attached hydrogens (tertiary/aromatic N) is 4. The van der Waals surface area contributed by atoms with Crippen LogP contribution in [0, 0.1) is 5.92 Å². The van der Waals surface area contributed by atoms with Gasteiger partial charge in [-0.25, -0.2) is 9.78 Å². The molecule has 0 unspecified atom stereocenters. The van der Waals surface area contributed by atoms with Crippen molar-refractivity contribution in [1.29, 1.82) is 0 Å². The summed E-state index contributed by atoms with van der Waals surface area (Å²) in [4.78, 5) is 27.8. The highest BCUT2D eigenvalue weighted by atomic mass is 16.5. The number of ether oxygens (including phenoxy) is 1.